The molecule has 0 spiro atoms. The molecule has 0 aliphatic heterocycles. The van der Waals surface area contributed by atoms with E-state index in [0.29, 0.717) is 0 Å². The summed E-state index contributed by atoms with van der Waals surface area (Å²) in [6.07, 6.45) is 0. The van der Waals surface area contributed by atoms with E-state index in [2.05, 4.69) is 0 Å². The summed E-state index contributed by atoms with van der Waals surface area (Å²) in [4.78, 5) is 0. The zero-order chi connectivity index (χ0) is 3.58. The van der Waals surface area contributed by atoms with Crippen molar-refractivity contribution < 1.29 is 52.4 Å². The van der Waals surface area contributed by atoms with E-state index in [1.54, 1.807) is 0 Å². The molecule has 0 radical (unpaired) electrons. The zero-order valence-electron chi connectivity index (χ0n) is 2.16. The maximum atomic E-state index is 8.64. The Labute approximate surface area is 51.8 Å². The molecule has 0 saturated heterocycles. The number of hydrogen-bond donors (Lipinski definition) is 0. The van der Waals surface area contributed by atoms with Gasteiger partial charge in [-0.25, -0.2) is 0 Å². The monoisotopic (exact) mass is 243 g/mol. The number of hydrogen-bond acceptors (Lipinski definition) is 3. The van der Waals surface area contributed by atoms with E-state index in [4.69, 9.17) is 5.09 Å². The van der Waals surface area contributed by atoms with Gasteiger partial charge in [-0.15, -0.1) is 0 Å². The predicted molar refractivity (Wildman–Crippen MR) is 2.06 cm³/mol. The van der Waals surface area contributed by atoms with Crippen molar-refractivity contribution in [3.8, 4) is 0 Å². The minimum absolute atomic E-state index is 0. The third kappa shape index (κ3) is 39.9. The normalized spacial score (nSPS) is 3.00. The molecule has 0 N–H and O–H groups in total. The Hall–Kier alpha value is 1.11. The third-order valence-electron chi connectivity index (χ3n) is 0. The van der Waals surface area contributed by atoms with Crippen molar-refractivity contribution in [3.63, 3.8) is 0 Å². The molecular formula is FeLaO3. The summed E-state index contributed by atoms with van der Waals surface area (Å²) in [5.74, 6) is 0. The van der Waals surface area contributed by atoms with Crippen LogP contribution in [0.15, 0.2) is 0 Å². The second-order valence-electron chi connectivity index (χ2n) is 0.289. The van der Waals surface area contributed by atoms with Crippen LogP contribution < -0.4 is 0 Å². The molecule has 0 fully saturated rings. The first-order chi connectivity index (χ1) is 1.73. The first-order valence-electron chi connectivity index (χ1n) is 0.707. The zero-order valence-corrected chi connectivity index (χ0v) is 6.89. The van der Waals surface area contributed by atoms with Crippen molar-refractivity contribution in [1.82, 2.24) is 0 Å². The van der Waals surface area contributed by atoms with Crippen molar-refractivity contribution in [2.24, 2.45) is 0 Å². The van der Waals surface area contributed by atoms with Crippen molar-refractivity contribution >= 4 is 0 Å². The standard InChI is InChI=1S/Fe.La.3O. The molecule has 0 aromatic carbocycles. The molecule has 0 bridgehead atoms. The van der Waals surface area contributed by atoms with Crippen LogP contribution >= 0.6 is 0 Å². The van der Waals surface area contributed by atoms with Gasteiger partial charge in [0.15, 0.2) is 0 Å². The summed E-state index contributed by atoms with van der Waals surface area (Å²) in [7, 11) is 0. The SMILES string of the molecule is [Fe].[O]=[La](=[O])=[O]. The van der Waals surface area contributed by atoms with E-state index in [1.807, 2.05) is 0 Å². The van der Waals surface area contributed by atoms with Crippen molar-refractivity contribution in [2.75, 3.05) is 0 Å². The van der Waals surface area contributed by atoms with E-state index >= 15 is 0 Å². The molecule has 0 atom stereocenters. The molecule has 0 aromatic rings. The Kier molecular flexibility index (Phi) is 9.66. The first kappa shape index (κ1) is 9.45. The summed E-state index contributed by atoms with van der Waals surface area (Å²) in [5.41, 5.74) is 0. The fraction of sp³-hybridized carbons (Fsp3) is 0. The van der Waals surface area contributed by atoms with Crippen LogP contribution in [-0.2, 0) is 22.2 Å². The molecule has 0 amide bonds. The molecule has 0 rings (SSSR count). The molecule has 0 aliphatic rings. The molecule has 0 heterocycles. The first-order valence-corrected chi connectivity index (χ1v) is 5.15. The molecule has 0 saturated carbocycles. The van der Waals surface area contributed by atoms with Crippen LogP contribution in [0.5, 0.6) is 0 Å². The molecule has 0 aliphatic carbocycles. The van der Waals surface area contributed by atoms with E-state index in [9.17, 15) is 0 Å². The second kappa shape index (κ2) is 5.11. The molecule has 29 valence electrons. The average molecular weight is 243 g/mol. The van der Waals surface area contributed by atoms with Gasteiger partial charge >= 0.3 is 35.3 Å². The van der Waals surface area contributed by atoms with Crippen molar-refractivity contribution in [2.45, 2.75) is 0 Å². The molecule has 0 unspecified atom stereocenters. The predicted octanol–water partition coefficient (Wildman–Crippen LogP) is -0.359. The van der Waals surface area contributed by atoms with Crippen LogP contribution in [0.4, 0.5) is 0 Å². The Morgan fingerprint density at radius 1 is 1.00 bits per heavy atom. The van der Waals surface area contributed by atoms with Crippen LogP contribution in [0.2, 0.25) is 0 Å². The molecule has 5 heavy (non-hydrogen) atoms. The van der Waals surface area contributed by atoms with E-state index in [0.717, 1.165) is 0 Å². The summed E-state index contributed by atoms with van der Waals surface area (Å²) < 4.78 is 25.9. The Bertz CT molecular complexity index is 76.3. The summed E-state index contributed by atoms with van der Waals surface area (Å²) in [6, 6.07) is 0. The minimum atomic E-state index is -4.47. The Morgan fingerprint density at radius 3 is 1.00 bits per heavy atom. The second-order valence-corrected chi connectivity index (χ2v) is 2.10. The van der Waals surface area contributed by atoms with Crippen LogP contribution in [0.1, 0.15) is 0 Å². The van der Waals surface area contributed by atoms with E-state index in [-0.39, 0.29) is 17.1 Å². The van der Waals surface area contributed by atoms with Crippen molar-refractivity contribution in [3.05, 3.63) is 0 Å². The van der Waals surface area contributed by atoms with Gasteiger partial charge in [0, 0.05) is 17.1 Å². The third-order valence-corrected chi connectivity index (χ3v) is 0. The fourth-order valence-corrected chi connectivity index (χ4v) is 0. The average Bonchev–Trinajstić information content (AvgIpc) is 0.811. The quantitative estimate of drug-likeness (QED) is 0.546. The van der Waals surface area contributed by atoms with Gasteiger partial charge in [-0.2, -0.15) is 0 Å². The van der Waals surface area contributed by atoms with Crippen LogP contribution in [0, 0.1) is 30.2 Å². The molecular weight excluding hydrogens is 243 g/mol. The van der Waals surface area contributed by atoms with E-state index < -0.39 is 30.2 Å². The van der Waals surface area contributed by atoms with Crippen LogP contribution in [-0.4, -0.2) is 0 Å². The number of rotatable bonds is 0. The molecule has 0 aromatic heterocycles. The van der Waals surface area contributed by atoms with Crippen molar-refractivity contribution in [1.29, 1.82) is 0 Å². The van der Waals surface area contributed by atoms with Gasteiger partial charge in [0.2, 0.25) is 0 Å². The van der Waals surface area contributed by atoms with Gasteiger partial charge in [-0.1, -0.05) is 0 Å². The maximum absolute atomic E-state index is 8.64. The van der Waals surface area contributed by atoms with Gasteiger partial charge in [0.1, 0.15) is 0 Å². The van der Waals surface area contributed by atoms with Gasteiger partial charge in [0.25, 0.3) is 0 Å². The molecule has 5 heteroatoms. The molecule has 3 nitrogen and oxygen atoms in total. The van der Waals surface area contributed by atoms with Gasteiger partial charge in [0.05, 0.1) is 0 Å². The Morgan fingerprint density at radius 2 is 1.00 bits per heavy atom. The van der Waals surface area contributed by atoms with Crippen LogP contribution in [0.25, 0.3) is 0 Å². The summed E-state index contributed by atoms with van der Waals surface area (Å²) in [6.45, 7) is 0. The summed E-state index contributed by atoms with van der Waals surface area (Å²) in [5, 5.41) is 0. The van der Waals surface area contributed by atoms with Gasteiger partial charge in [-0.3, -0.25) is 0 Å². The van der Waals surface area contributed by atoms with Gasteiger partial charge in [-0.05, 0) is 0 Å². The topological polar surface area (TPSA) is 51.2 Å². The fourth-order valence-electron chi connectivity index (χ4n) is 0. The Balaban J connectivity index is 0. The summed E-state index contributed by atoms with van der Waals surface area (Å²) >= 11 is -4.47. The van der Waals surface area contributed by atoms with Crippen LogP contribution in [0.3, 0.4) is 0 Å². The van der Waals surface area contributed by atoms with Gasteiger partial charge < -0.3 is 0 Å². The van der Waals surface area contributed by atoms with E-state index in [1.165, 1.54) is 0 Å².